The summed E-state index contributed by atoms with van der Waals surface area (Å²) in [7, 11) is 3.29. The number of methoxy groups -OCH3 is 2. The van der Waals surface area contributed by atoms with Gasteiger partial charge in [-0.2, -0.15) is 0 Å². The molecule has 4 rings (SSSR count). The summed E-state index contributed by atoms with van der Waals surface area (Å²) in [4.78, 5) is 17.6. The zero-order valence-corrected chi connectivity index (χ0v) is 19.3. The number of hydrogen-bond acceptors (Lipinski definition) is 6. The van der Waals surface area contributed by atoms with Crippen LogP contribution in [-0.2, 0) is 11.3 Å². The fourth-order valence-electron chi connectivity index (χ4n) is 4.19. The van der Waals surface area contributed by atoms with E-state index in [1.807, 2.05) is 47.4 Å². The van der Waals surface area contributed by atoms with Crippen molar-refractivity contribution in [3.8, 4) is 17.0 Å². The molecular formula is C26H31N3O4. The number of carbonyl (C=O) groups excluding carboxylic acids is 1. The maximum absolute atomic E-state index is 13.5. The van der Waals surface area contributed by atoms with E-state index in [0.717, 1.165) is 60.8 Å². The largest absolute Gasteiger partial charge is 0.497 e. The summed E-state index contributed by atoms with van der Waals surface area (Å²) in [5.41, 5.74) is 3.34. The quantitative estimate of drug-likeness (QED) is 0.421. The fraction of sp³-hybridized carbons (Fsp3) is 0.385. The lowest BCUT2D eigenvalue weighted by molar-refractivity contribution is 0.0724. The number of amides is 1. The van der Waals surface area contributed by atoms with Gasteiger partial charge in [-0.05, 0) is 43.5 Å². The van der Waals surface area contributed by atoms with Crippen molar-refractivity contribution in [3.63, 3.8) is 0 Å². The Morgan fingerprint density at radius 1 is 1.06 bits per heavy atom. The molecule has 0 spiro atoms. The lowest BCUT2D eigenvalue weighted by Crippen LogP contribution is -2.33. The van der Waals surface area contributed by atoms with E-state index in [1.54, 1.807) is 26.4 Å². The van der Waals surface area contributed by atoms with Gasteiger partial charge >= 0.3 is 0 Å². The van der Waals surface area contributed by atoms with Gasteiger partial charge in [0.05, 0.1) is 19.2 Å². The molecule has 2 heterocycles. The Bertz CT molecular complexity index is 1030. The maximum Gasteiger partial charge on any atom is 0.254 e. The summed E-state index contributed by atoms with van der Waals surface area (Å²) < 4.78 is 16.4. The van der Waals surface area contributed by atoms with Gasteiger partial charge in [0, 0.05) is 44.5 Å². The monoisotopic (exact) mass is 449 g/mol. The van der Waals surface area contributed by atoms with Gasteiger partial charge in [-0.3, -0.25) is 4.79 Å². The van der Waals surface area contributed by atoms with Crippen LogP contribution in [0.1, 0.15) is 35.2 Å². The SMILES string of the molecule is COCCCN(Cc1c(-c2ccccc2)noc1N1CCCC1)C(=O)c1ccc(OC)cc1. The van der Waals surface area contributed by atoms with Crippen molar-refractivity contribution < 1.29 is 18.8 Å². The van der Waals surface area contributed by atoms with E-state index in [2.05, 4.69) is 10.1 Å². The van der Waals surface area contributed by atoms with Crippen LogP contribution in [0, 0.1) is 0 Å². The van der Waals surface area contributed by atoms with Crippen molar-refractivity contribution in [2.45, 2.75) is 25.8 Å². The highest BCUT2D eigenvalue weighted by atomic mass is 16.5. The summed E-state index contributed by atoms with van der Waals surface area (Å²) >= 11 is 0. The second-order valence-electron chi connectivity index (χ2n) is 8.18. The van der Waals surface area contributed by atoms with E-state index in [4.69, 9.17) is 14.0 Å². The molecule has 33 heavy (non-hydrogen) atoms. The Labute approximate surface area is 194 Å². The standard InChI is InChI=1S/C26H31N3O4/c1-31-18-8-17-29(25(30)21-11-13-22(32-2)14-12-21)19-23-24(20-9-4-3-5-10-20)27-33-26(23)28-15-6-7-16-28/h3-5,9-14H,6-8,15-19H2,1-2H3. The zero-order valence-electron chi connectivity index (χ0n) is 19.3. The molecule has 0 bridgehead atoms. The first-order valence-electron chi connectivity index (χ1n) is 11.4. The fourth-order valence-corrected chi connectivity index (χ4v) is 4.19. The average molecular weight is 450 g/mol. The number of anilines is 1. The molecule has 174 valence electrons. The highest BCUT2D eigenvalue weighted by Crippen LogP contribution is 2.34. The van der Waals surface area contributed by atoms with Crippen LogP contribution in [0.5, 0.6) is 5.75 Å². The molecule has 7 nitrogen and oxygen atoms in total. The molecule has 1 amide bonds. The van der Waals surface area contributed by atoms with Crippen LogP contribution in [0.4, 0.5) is 5.88 Å². The van der Waals surface area contributed by atoms with Crippen LogP contribution in [0.2, 0.25) is 0 Å². The van der Waals surface area contributed by atoms with Crippen LogP contribution >= 0.6 is 0 Å². The topological polar surface area (TPSA) is 68.0 Å². The van der Waals surface area contributed by atoms with Crippen LogP contribution in [0.25, 0.3) is 11.3 Å². The summed E-state index contributed by atoms with van der Waals surface area (Å²) in [6.45, 7) is 3.44. The molecule has 0 N–H and O–H groups in total. The van der Waals surface area contributed by atoms with Gasteiger partial charge in [-0.1, -0.05) is 35.5 Å². The maximum atomic E-state index is 13.5. The van der Waals surface area contributed by atoms with E-state index >= 15 is 0 Å². The van der Waals surface area contributed by atoms with Crippen LogP contribution in [-0.4, -0.2) is 56.4 Å². The smallest absolute Gasteiger partial charge is 0.254 e. The number of hydrogen-bond donors (Lipinski definition) is 0. The number of benzene rings is 2. The Kier molecular flexibility index (Phi) is 7.62. The minimum absolute atomic E-state index is 0.0404. The summed E-state index contributed by atoms with van der Waals surface area (Å²) in [6, 6.07) is 17.2. The molecule has 1 aliphatic rings. The number of ether oxygens (including phenoxy) is 2. The number of nitrogens with zero attached hydrogens (tertiary/aromatic N) is 3. The molecule has 0 unspecified atom stereocenters. The molecule has 1 saturated heterocycles. The molecule has 0 saturated carbocycles. The molecule has 7 heteroatoms. The first kappa shape index (κ1) is 22.9. The second kappa shape index (κ2) is 11.0. The first-order valence-corrected chi connectivity index (χ1v) is 11.4. The van der Waals surface area contributed by atoms with E-state index < -0.39 is 0 Å². The minimum Gasteiger partial charge on any atom is -0.497 e. The molecule has 1 fully saturated rings. The van der Waals surface area contributed by atoms with Gasteiger partial charge < -0.3 is 23.8 Å². The molecule has 1 aromatic heterocycles. The number of carbonyl (C=O) groups is 1. The lowest BCUT2D eigenvalue weighted by atomic mass is 10.1. The minimum atomic E-state index is -0.0404. The predicted octanol–water partition coefficient (Wildman–Crippen LogP) is 4.63. The van der Waals surface area contributed by atoms with Gasteiger partial charge in [-0.25, -0.2) is 0 Å². The molecule has 0 atom stereocenters. The third-order valence-electron chi connectivity index (χ3n) is 5.96. The van der Waals surface area contributed by atoms with E-state index in [0.29, 0.717) is 25.3 Å². The highest BCUT2D eigenvalue weighted by molar-refractivity contribution is 5.94. The van der Waals surface area contributed by atoms with E-state index in [-0.39, 0.29) is 5.91 Å². The van der Waals surface area contributed by atoms with E-state index in [9.17, 15) is 4.79 Å². The zero-order chi connectivity index (χ0) is 23.0. The van der Waals surface area contributed by atoms with Crippen molar-refractivity contribution in [3.05, 3.63) is 65.7 Å². The van der Waals surface area contributed by atoms with Crippen molar-refractivity contribution >= 4 is 11.8 Å². The van der Waals surface area contributed by atoms with Crippen LogP contribution in [0.15, 0.2) is 59.1 Å². The van der Waals surface area contributed by atoms with Gasteiger partial charge in [-0.15, -0.1) is 0 Å². The highest BCUT2D eigenvalue weighted by Gasteiger charge is 2.28. The molecule has 0 aliphatic carbocycles. The Hall–Kier alpha value is -3.32. The molecule has 3 aromatic rings. The van der Waals surface area contributed by atoms with Crippen LogP contribution in [0.3, 0.4) is 0 Å². The van der Waals surface area contributed by atoms with Gasteiger partial charge in [0.1, 0.15) is 11.4 Å². The number of rotatable bonds is 10. The average Bonchev–Trinajstić information content (AvgIpc) is 3.54. The second-order valence-corrected chi connectivity index (χ2v) is 8.18. The Morgan fingerprint density at radius 3 is 2.45 bits per heavy atom. The molecular weight excluding hydrogens is 418 g/mol. The summed E-state index contributed by atoms with van der Waals surface area (Å²) in [5.74, 6) is 1.45. The normalized spacial score (nSPS) is 13.3. The van der Waals surface area contributed by atoms with Crippen LogP contribution < -0.4 is 9.64 Å². The third kappa shape index (κ3) is 5.37. The first-order chi connectivity index (χ1) is 16.2. The van der Waals surface area contributed by atoms with E-state index in [1.165, 1.54) is 0 Å². The lowest BCUT2D eigenvalue weighted by Gasteiger charge is -2.24. The summed E-state index contributed by atoms with van der Waals surface area (Å²) in [6.07, 6.45) is 3.00. The Balaban J connectivity index is 1.67. The van der Waals surface area contributed by atoms with Gasteiger partial charge in [0.25, 0.3) is 5.91 Å². The number of aromatic nitrogens is 1. The Morgan fingerprint density at radius 2 is 1.79 bits per heavy atom. The van der Waals surface area contributed by atoms with Crippen molar-refractivity contribution in [2.75, 3.05) is 45.4 Å². The van der Waals surface area contributed by atoms with Gasteiger partial charge in [0.15, 0.2) is 0 Å². The third-order valence-corrected chi connectivity index (χ3v) is 5.96. The molecule has 2 aromatic carbocycles. The molecule has 0 radical (unpaired) electrons. The summed E-state index contributed by atoms with van der Waals surface area (Å²) in [5, 5.41) is 4.44. The predicted molar refractivity (Wildman–Crippen MR) is 128 cm³/mol. The molecule has 1 aliphatic heterocycles. The van der Waals surface area contributed by atoms with Crippen molar-refractivity contribution in [2.24, 2.45) is 0 Å². The van der Waals surface area contributed by atoms with Gasteiger partial charge in [0.2, 0.25) is 5.88 Å². The van der Waals surface area contributed by atoms with Crippen molar-refractivity contribution in [1.29, 1.82) is 0 Å². The van der Waals surface area contributed by atoms with Crippen molar-refractivity contribution in [1.82, 2.24) is 10.1 Å².